The van der Waals surface area contributed by atoms with E-state index >= 15 is 0 Å². The van der Waals surface area contributed by atoms with Crippen molar-refractivity contribution in [2.24, 2.45) is 0 Å². The number of hydrogen-bond acceptors (Lipinski definition) is 3. The van der Waals surface area contributed by atoms with Gasteiger partial charge in [0.05, 0.1) is 10.3 Å². The second-order valence-electron chi connectivity index (χ2n) is 2.48. The van der Waals surface area contributed by atoms with Crippen molar-refractivity contribution in [2.75, 3.05) is 7.05 Å². The van der Waals surface area contributed by atoms with Crippen LogP contribution in [0.5, 0.6) is 0 Å². The van der Waals surface area contributed by atoms with Crippen molar-refractivity contribution in [2.45, 2.75) is 6.54 Å². The molecule has 0 aliphatic rings. The maximum atomic E-state index is 10.9. The summed E-state index contributed by atoms with van der Waals surface area (Å²) in [4.78, 5) is 13.3. The van der Waals surface area contributed by atoms with E-state index in [2.05, 4.69) is 15.9 Å². The lowest BCUT2D eigenvalue weighted by Gasteiger charge is -2.10. The van der Waals surface area contributed by atoms with Crippen molar-refractivity contribution in [1.82, 2.24) is 4.90 Å². The van der Waals surface area contributed by atoms with Crippen LogP contribution >= 0.6 is 27.3 Å². The third-order valence-corrected chi connectivity index (χ3v) is 3.07. The summed E-state index contributed by atoms with van der Waals surface area (Å²) in [6.07, 6.45) is 0. The molecule has 5 heteroatoms. The summed E-state index contributed by atoms with van der Waals surface area (Å²) in [6.45, 7) is 0.489. The molecule has 0 N–H and O–H groups in total. The van der Waals surface area contributed by atoms with Crippen LogP contribution in [0.3, 0.4) is 0 Å². The number of nitrogens with zero attached hydrogens (tertiary/aromatic N) is 2. The van der Waals surface area contributed by atoms with Gasteiger partial charge in [0.1, 0.15) is 0 Å². The topological polar surface area (TPSA) is 44.1 Å². The molecule has 0 fully saturated rings. The number of halogens is 1. The lowest BCUT2D eigenvalue weighted by molar-refractivity contribution is -0.124. The fourth-order valence-corrected chi connectivity index (χ4v) is 2.36. The first-order valence-electron chi connectivity index (χ1n) is 3.53. The SMILES string of the molecule is CN(Cc1ccc(Br)s1)C(=O)C#N. The summed E-state index contributed by atoms with van der Waals surface area (Å²) in [5, 5.41) is 8.34. The molecule has 0 aliphatic carbocycles. The Bertz CT molecular complexity index is 355. The molecule has 0 bridgehead atoms. The Morgan fingerprint density at radius 3 is 2.92 bits per heavy atom. The minimum Gasteiger partial charge on any atom is -0.328 e. The standard InChI is InChI=1S/C8H7BrN2OS/c1-11(8(12)4-10)5-6-2-3-7(9)13-6/h2-3H,5H2,1H3. The number of hydrogen-bond donors (Lipinski definition) is 0. The van der Waals surface area contributed by atoms with Gasteiger partial charge < -0.3 is 4.90 Å². The average Bonchev–Trinajstić information content (AvgIpc) is 2.49. The van der Waals surface area contributed by atoms with E-state index in [4.69, 9.17) is 5.26 Å². The molecule has 13 heavy (non-hydrogen) atoms. The van der Waals surface area contributed by atoms with Gasteiger partial charge in [-0.05, 0) is 28.1 Å². The average molecular weight is 259 g/mol. The van der Waals surface area contributed by atoms with E-state index in [0.29, 0.717) is 6.54 Å². The van der Waals surface area contributed by atoms with Crippen LogP contribution < -0.4 is 0 Å². The van der Waals surface area contributed by atoms with Gasteiger partial charge in [-0.1, -0.05) is 0 Å². The van der Waals surface area contributed by atoms with Crippen LogP contribution in [0.2, 0.25) is 0 Å². The van der Waals surface area contributed by atoms with Crippen molar-refractivity contribution >= 4 is 33.2 Å². The lowest BCUT2D eigenvalue weighted by atomic mass is 10.4. The highest BCUT2D eigenvalue weighted by molar-refractivity contribution is 9.11. The second-order valence-corrected chi connectivity index (χ2v) is 5.03. The first-order valence-corrected chi connectivity index (χ1v) is 5.14. The molecule has 68 valence electrons. The molecule has 0 atom stereocenters. The van der Waals surface area contributed by atoms with E-state index in [1.165, 1.54) is 4.90 Å². The molecule has 0 saturated heterocycles. The van der Waals surface area contributed by atoms with Gasteiger partial charge in [0.2, 0.25) is 0 Å². The minimum absolute atomic E-state index is 0.489. The van der Waals surface area contributed by atoms with Crippen molar-refractivity contribution in [1.29, 1.82) is 5.26 Å². The Morgan fingerprint density at radius 1 is 1.77 bits per heavy atom. The summed E-state index contributed by atoms with van der Waals surface area (Å²) < 4.78 is 1.03. The summed E-state index contributed by atoms with van der Waals surface area (Å²) in [5.74, 6) is -0.510. The van der Waals surface area contributed by atoms with Gasteiger partial charge in [-0.15, -0.1) is 11.3 Å². The smallest absolute Gasteiger partial charge is 0.325 e. The van der Waals surface area contributed by atoms with Crippen LogP contribution in [-0.2, 0) is 11.3 Å². The molecule has 0 spiro atoms. The number of nitriles is 1. The molecule has 1 amide bonds. The largest absolute Gasteiger partial charge is 0.328 e. The third kappa shape index (κ3) is 2.83. The zero-order valence-corrected chi connectivity index (χ0v) is 9.35. The fraction of sp³-hybridized carbons (Fsp3) is 0.250. The highest BCUT2D eigenvalue weighted by atomic mass is 79.9. The van der Waals surface area contributed by atoms with Gasteiger partial charge in [-0.3, -0.25) is 4.79 Å². The van der Waals surface area contributed by atoms with Crippen LogP contribution in [0.15, 0.2) is 15.9 Å². The van der Waals surface area contributed by atoms with E-state index in [1.54, 1.807) is 24.5 Å². The Labute approximate surface area is 88.7 Å². The number of thiophene rings is 1. The van der Waals surface area contributed by atoms with Crippen LogP contribution in [0.25, 0.3) is 0 Å². The predicted octanol–water partition coefficient (Wildman–Crippen LogP) is 1.99. The Hall–Kier alpha value is -0.860. The molecule has 1 rings (SSSR count). The maximum Gasteiger partial charge on any atom is 0.325 e. The zero-order chi connectivity index (χ0) is 9.84. The summed E-state index contributed by atoms with van der Waals surface area (Å²) in [6, 6.07) is 5.42. The van der Waals surface area contributed by atoms with Crippen molar-refractivity contribution in [3.63, 3.8) is 0 Å². The van der Waals surface area contributed by atoms with Gasteiger partial charge in [0, 0.05) is 11.9 Å². The van der Waals surface area contributed by atoms with Gasteiger partial charge >= 0.3 is 5.91 Å². The Morgan fingerprint density at radius 2 is 2.46 bits per heavy atom. The summed E-state index contributed by atoms with van der Waals surface area (Å²) in [7, 11) is 1.61. The van der Waals surface area contributed by atoms with E-state index < -0.39 is 5.91 Å². The van der Waals surface area contributed by atoms with E-state index in [9.17, 15) is 4.79 Å². The van der Waals surface area contributed by atoms with Gasteiger partial charge in [0.25, 0.3) is 0 Å². The number of rotatable bonds is 2. The molecule has 0 radical (unpaired) electrons. The van der Waals surface area contributed by atoms with E-state index in [0.717, 1.165) is 8.66 Å². The molecule has 1 aromatic rings. The van der Waals surface area contributed by atoms with Gasteiger partial charge in [-0.25, -0.2) is 0 Å². The van der Waals surface area contributed by atoms with E-state index in [-0.39, 0.29) is 0 Å². The van der Waals surface area contributed by atoms with Crippen molar-refractivity contribution < 1.29 is 4.79 Å². The van der Waals surface area contributed by atoms with Crippen LogP contribution in [0.4, 0.5) is 0 Å². The second kappa shape index (κ2) is 4.40. The molecule has 0 unspecified atom stereocenters. The molecular formula is C8H7BrN2OS. The Kier molecular flexibility index (Phi) is 3.46. The molecular weight excluding hydrogens is 252 g/mol. The molecule has 1 aromatic heterocycles. The number of amides is 1. The third-order valence-electron chi connectivity index (χ3n) is 1.46. The number of carbonyl (C=O) groups is 1. The van der Waals surface area contributed by atoms with Crippen molar-refractivity contribution in [3.8, 4) is 6.07 Å². The summed E-state index contributed by atoms with van der Waals surface area (Å²) >= 11 is 4.88. The molecule has 3 nitrogen and oxygen atoms in total. The normalized spacial score (nSPS) is 9.31. The fourth-order valence-electron chi connectivity index (χ4n) is 0.828. The molecule has 1 heterocycles. The van der Waals surface area contributed by atoms with Gasteiger partial charge in [-0.2, -0.15) is 5.26 Å². The van der Waals surface area contributed by atoms with Crippen LogP contribution in [0.1, 0.15) is 4.88 Å². The highest BCUT2D eigenvalue weighted by Crippen LogP contribution is 2.22. The Balaban J connectivity index is 2.60. The highest BCUT2D eigenvalue weighted by Gasteiger charge is 2.08. The van der Waals surface area contributed by atoms with Crippen LogP contribution in [0, 0.1) is 11.3 Å². The monoisotopic (exact) mass is 258 g/mol. The van der Waals surface area contributed by atoms with Crippen molar-refractivity contribution in [3.05, 3.63) is 20.8 Å². The van der Waals surface area contributed by atoms with Crippen LogP contribution in [-0.4, -0.2) is 17.9 Å². The van der Waals surface area contributed by atoms with Gasteiger partial charge in [0.15, 0.2) is 6.07 Å². The first kappa shape index (κ1) is 10.2. The maximum absolute atomic E-state index is 10.9. The molecule has 0 aliphatic heterocycles. The predicted molar refractivity (Wildman–Crippen MR) is 54.1 cm³/mol. The number of carbonyl (C=O) groups excluding carboxylic acids is 1. The first-order chi connectivity index (χ1) is 6.13. The quantitative estimate of drug-likeness (QED) is 0.762. The molecule has 0 aromatic carbocycles. The summed E-state index contributed by atoms with van der Waals surface area (Å²) in [5.41, 5.74) is 0. The molecule has 0 saturated carbocycles. The lowest BCUT2D eigenvalue weighted by Crippen LogP contribution is -2.23. The zero-order valence-electron chi connectivity index (χ0n) is 6.95. The minimum atomic E-state index is -0.510. The van der Waals surface area contributed by atoms with E-state index in [1.807, 2.05) is 12.1 Å².